The second kappa shape index (κ2) is 8.31. The van der Waals surface area contributed by atoms with E-state index >= 15 is 0 Å². The molecule has 180 valence electrons. The Morgan fingerprint density at radius 2 is 1.80 bits per heavy atom. The van der Waals surface area contributed by atoms with Crippen molar-refractivity contribution in [1.29, 1.82) is 0 Å². The molecule has 2 aliphatic heterocycles. The molecule has 0 aromatic heterocycles. The van der Waals surface area contributed by atoms with Crippen LogP contribution in [0.5, 0.6) is 11.5 Å². The predicted molar refractivity (Wildman–Crippen MR) is 140 cm³/mol. The highest BCUT2D eigenvalue weighted by Gasteiger charge is 2.39. The van der Waals surface area contributed by atoms with Crippen molar-refractivity contribution in [3.8, 4) is 11.5 Å². The zero-order valence-electron chi connectivity index (χ0n) is 19.3. The van der Waals surface area contributed by atoms with Crippen LogP contribution in [0.2, 0.25) is 0 Å². The number of rotatable bonds is 4. The zero-order valence-corrected chi connectivity index (χ0v) is 21.7. The van der Waals surface area contributed by atoms with E-state index in [2.05, 4.69) is 38.1 Å². The summed E-state index contributed by atoms with van der Waals surface area (Å²) >= 11 is 3.72. The number of ether oxygens (including phenoxy) is 2. The number of nitrogens with one attached hydrogen (secondary N) is 2. The molecule has 2 N–H and O–H groups in total. The van der Waals surface area contributed by atoms with Gasteiger partial charge in [-0.2, -0.15) is 0 Å². The fourth-order valence-corrected chi connectivity index (χ4v) is 7.09. The van der Waals surface area contributed by atoms with Crippen molar-refractivity contribution in [2.24, 2.45) is 5.92 Å². The summed E-state index contributed by atoms with van der Waals surface area (Å²) in [5, 5.41) is 3.68. The maximum Gasteiger partial charge on any atom is 0.261 e. The van der Waals surface area contributed by atoms with Crippen molar-refractivity contribution in [2.45, 2.75) is 37.1 Å². The molecule has 0 fully saturated rings. The van der Waals surface area contributed by atoms with Crippen molar-refractivity contribution < 1.29 is 17.9 Å². The average molecular weight is 553 g/mol. The third-order valence-electron chi connectivity index (χ3n) is 7.10. The number of hydrogen-bond donors (Lipinski definition) is 2. The van der Waals surface area contributed by atoms with Crippen LogP contribution in [0.25, 0.3) is 0 Å². The number of aryl methyl sites for hydroxylation is 2. The van der Waals surface area contributed by atoms with Crippen molar-refractivity contribution in [1.82, 2.24) is 0 Å². The Balaban J connectivity index is 1.35. The number of sulfonamides is 1. The van der Waals surface area contributed by atoms with Crippen molar-refractivity contribution in [3.05, 3.63) is 87.4 Å². The van der Waals surface area contributed by atoms with Crippen LogP contribution in [-0.4, -0.2) is 15.2 Å². The lowest BCUT2D eigenvalue weighted by molar-refractivity contribution is 0.174. The molecule has 0 bridgehead atoms. The first-order chi connectivity index (χ1) is 16.8. The monoisotopic (exact) mass is 552 g/mol. The Morgan fingerprint density at radius 1 is 1.00 bits per heavy atom. The Labute approximate surface area is 213 Å². The van der Waals surface area contributed by atoms with Crippen LogP contribution in [0.1, 0.15) is 40.6 Å². The molecule has 0 amide bonds. The fourth-order valence-electron chi connectivity index (χ4n) is 5.35. The van der Waals surface area contributed by atoms with E-state index in [1.165, 1.54) is 0 Å². The van der Waals surface area contributed by atoms with Gasteiger partial charge in [-0.3, -0.25) is 4.72 Å². The molecule has 35 heavy (non-hydrogen) atoms. The molecular weight excluding hydrogens is 528 g/mol. The summed E-state index contributed by atoms with van der Waals surface area (Å²) in [4.78, 5) is 0.264. The maximum atomic E-state index is 13.3. The van der Waals surface area contributed by atoms with Gasteiger partial charge in [0.05, 0.1) is 16.6 Å². The summed E-state index contributed by atoms with van der Waals surface area (Å²) in [6, 6.07) is 15.1. The summed E-state index contributed by atoms with van der Waals surface area (Å²) in [6.07, 6.45) is 5.29. The van der Waals surface area contributed by atoms with Crippen LogP contribution in [0.3, 0.4) is 0 Å². The second-order valence-corrected chi connectivity index (χ2v) is 11.9. The average Bonchev–Trinajstić information content (AvgIpc) is 3.49. The standard InChI is InChI=1S/C27H25BrN2O4S/c1-15-6-8-23(16(2)10-15)30-35(31,32)17-7-9-24-20(11-17)18-4-3-5-19(18)27(29-24)21-12-25-26(13-22(21)28)34-14-33-25/h3-4,6-13,18-19,27,29-30H,5,14H2,1-2H3/t18-,19+,27-/m0/s1. The van der Waals surface area contributed by atoms with Gasteiger partial charge in [0.25, 0.3) is 10.0 Å². The van der Waals surface area contributed by atoms with Gasteiger partial charge in [0.1, 0.15) is 0 Å². The minimum Gasteiger partial charge on any atom is -0.454 e. The summed E-state index contributed by atoms with van der Waals surface area (Å²) < 4.78 is 41.4. The molecule has 0 saturated carbocycles. The topological polar surface area (TPSA) is 76.7 Å². The molecule has 0 spiro atoms. The van der Waals surface area contributed by atoms with Crippen molar-refractivity contribution in [2.75, 3.05) is 16.8 Å². The Kier molecular flexibility index (Phi) is 5.34. The molecular formula is C27H25BrN2O4S. The molecule has 8 heteroatoms. The van der Waals surface area contributed by atoms with Crippen LogP contribution in [0.4, 0.5) is 11.4 Å². The number of hydrogen-bond acceptors (Lipinski definition) is 5. The lowest BCUT2D eigenvalue weighted by Gasteiger charge is -2.38. The molecule has 3 aromatic carbocycles. The third-order valence-corrected chi connectivity index (χ3v) is 9.15. The normalized spacial score (nSPS) is 21.9. The van der Waals surface area contributed by atoms with E-state index in [4.69, 9.17) is 9.47 Å². The van der Waals surface area contributed by atoms with E-state index in [9.17, 15) is 8.42 Å². The van der Waals surface area contributed by atoms with Crippen LogP contribution >= 0.6 is 15.9 Å². The minimum atomic E-state index is -3.73. The molecule has 0 radical (unpaired) electrons. The lowest BCUT2D eigenvalue weighted by atomic mass is 9.77. The van der Waals surface area contributed by atoms with Gasteiger partial charge in [0, 0.05) is 16.1 Å². The van der Waals surface area contributed by atoms with E-state index in [1.807, 2.05) is 56.3 Å². The Bertz CT molecular complexity index is 1480. The second-order valence-electron chi connectivity index (χ2n) is 9.38. The number of allylic oxidation sites excluding steroid dienone is 2. The number of anilines is 2. The largest absolute Gasteiger partial charge is 0.454 e. The summed E-state index contributed by atoms with van der Waals surface area (Å²) in [7, 11) is -3.73. The van der Waals surface area contributed by atoms with E-state index in [1.54, 1.807) is 6.07 Å². The lowest BCUT2D eigenvalue weighted by Crippen LogP contribution is -2.29. The molecule has 3 atom stereocenters. The van der Waals surface area contributed by atoms with Gasteiger partial charge in [0.15, 0.2) is 11.5 Å². The molecule has 6 rings (SSSR count). The van der Waals surface area contributed by atoms with E-state index in [0.717, 1.165) is 50.3 Å². The van der Waals surface area contributed by atoms with Gasteiger partial charge in [-0.25, -0.2) is 8.42 Å². The van der Waals surface area contributed by atoms with Gasteiger partial charge in [-0.1, -0.05) is 45.8 Å². The number of fused-ring (bicyclic) bond motifs is 4. The highest BCUT2D eigenvalue weighted by atomic mass is 79.9. The van der Waals surface area contributed by atoms with Gasteiger partial charge < -0.3 is 14.8 Å². The van der Waals surface area contributed by atoms with E-state index in [0.29, 0.717) is 5.69 Å². The first-order valence-electron chi connectivity index (χ1n) is 11.6. The highest BCUT2D eigenvalue weighted by molar-refractivity contribution is 9.10. The molecule has 6 nitrogen and oxygen atoms in total. The smallest absolute Gasteiger partial charge is 0.261 e. The first kappa shape index (κ1) is 22.5. The molecule has 3 aliphatic rings. The van der Waals surface area contributed by atoms with Crippen LogP contribution in [0, 0.1) is 19.8 Å². The number of benzene rings is 3. The van der Waals surface area contributed by atoms with Gasteiger partial charge in [-0.05, 0) is 79.3 Å². The summed E-state index contributed by atoms with van der Waals surface area (Å²) in [5.41, 5.74) is 5.62. The van der Waals surface area contributed by atoms with Gasteiger partial charge in [0.2, 0.25) is 6.79 Å². The first-order valence-corrected chi connectivity index (χ1v) is 13.8. The summed E-state index contributed by atoms with van der Waals surface area (Å²) in [5.74, 6) is 1.86. The molecule has 3 aromatic rings. The Morgan fingerprint density at radius 3 is 2.60 bits per heavy atom. The Hall–Kier alpha value is -2.97. The fraction of sp³-hybridized carbons (Fsp3) is 0.259. The SMILES string of the molecule is Cc1ccc(NS(=O)(=O)c2ccc3c(c2)[C@H]2C=CC[C@H]2[C@@H](c2cc4c(cc2Br)OCO4)N3)c(C)c1. The van der Waals surface area contributed by atoms with Crippen LogP contribution < -0.4 is 19.5 Å². The predicted octanol–water partition coefficient (Wildman–Crippen LogP) is 6.42. The third kappa shape index (κ3) is 3.89. The summed E-state index contributed by atoms with van der Waals surface area (Å²) in [6.45, 7) is 4.12. The molecule has 0 saturated heterocycles. The van der Waals surface area contributed by atoms with Gasteiger partial charge in [-0.15, -0.1) is 0 Å². The van der Waals surface area contributed by atoms with E-state index < -0.39 is 10.0 Å². The van der Waals surface area contributed by atoms with Crippen molar-refractivity contribution >= 4 is 37.3 Å². The quantitative estimate of drug-likeness (QED) is 0.365. The van der Waals surface area contributed by atoms with Gasteiger partial charge >= 0.3 is 0 Å². The molecule has 1 aliphatic carbocycles. The van der Waals surface area contributed by atoms with Crippen LogP contribution in [-0.2, 0) is 10.0 Å². The highest BCUT2D eigenvalue weighted by Crippen LogP contribution is 2.52. The maximum absolute atomic E-state index is 13.3. The zero-order chi connectivity index (χ0) is 24.3. The van der Waals surface area contributed by atoms with Crippen molar-refractivity contribution in [3.63, 3.8) is 0 Å². The molecule has 2 heterocycles. The number of halogens is 1. The molecule has 0 unspecified atom stereocenters. The minimum absolute atomic E-state index is 0.0437. The van der Waals surface area contributed by atoms with E-state index in [-0.39, 0.29) is 29.6 Å². The van der Waals surface area contributed by atoms with Crippen LogP contribution in [0.15, 0.2) is 70.1 Å².